The predicted molar refractivity (Wildman–Crippen MR) is 112 cm³/mol. The van der Waals surface area contributed by atoms with Crippen molar-refractivity contribution in [1.29, 1.82) is 0 Å². The molecule has 4 rings (SSSR count). The number of benzene rings is 2. The molecule has 1 aromatic heterocycles. The van der Waals surface area contributed by atoms with Crippen LogP contribution in [0.1, 0.15) is 49.0 Å². The van der Waals surface area contributed by atoms with Crippen molar-refractivity contribution in [3.63, 3.8) is 0 Å². The lowest BCUT2D eigenvalue weighted by molar-refractivity contribution is 0.0671. The number of aromatic nitrogens is 1. The highest BCUT2D eigenvalue weighted by atomic mass is 32.1. The summed E-state index contributed by atoms with van der Waals surface area (Å²) < 4.78 is 1.07. The summed E-state index contributed by atoms with van der Waals surface area (Å²) >= 11 is 1.55. The van der Waals surface area contributed by atoms with Crippen molar-refractivity contribution in [2.45, 2.75) is 13.0 Å². The number of nitrogens with zero attached hydrogens (tertiary/aromatic N) is 3. The normalized spacial score (nSPS) is 14.2. The number of hydrogen-bond donors (Lipinski definition) is 0. The molecule has 3 aromatic rings. The SMILES string of the molecule is C=CCN1C(=O)c2ccc(C(=O)N(C)[C@H](C)c3nc4ccccc4s3)cc2C1=O. The third-order valence-electron chi connectivity index (χ3n) is 5.10. The first kappa shape index (κ1) is 19.0. The first-order valence-corrected chi connectivity index (χ1v) is 9.97. The summed E-state index contributed by atoms with van der Waals surface area (Å²) in [4.78, 5) is 45.3. The van der Waals surface area contributed by atoms with Crippen molar-refractivity contribution in [2.75, 3.05) is 13.6 Å². The molecule has 146 valence electrons. The molecule has 6 nitrogen and oxygen atoms in total. The number of amides is 3. The van der Waals surface area contributed by atoms with Crippen molar-refractivity contribution < 1.29 is 14.4 Å². The van der Waals surface area contributed by atoms with Crippen molar-refractivity contribution in [3.05, 3.63) is 76.8 Å². The lowest BCUT2D eigenvalue weighted by Crippen LogP contribution is -2.30. The number of thiazole rings is 1. The topological polar surface area (TPSA) is 70.6 Å². The molecule has 2 heterocycles. The fraction of sp³-hybridized carbons (Fsp3) is 0.182. The van der Waals surface area contributed by atoms with Gasteiger partial charge in [0.15, 0.2) is 0 Å². The summed E-state index contributed by atoms with van der Waals surface area (Å²) in [5.74, 6) is -0.997. The molecule has 29 heavy (non-hydrogen) atoms. The maximum atomic E-state index is 13.0. The Bertz CT molecular complexity index is 1130. The molecule has 0 N–H and O–H groups in total. The van der Waals surface area contributed by atoms with E-state index in [1.165, 1.54) is 12.1 Å². The molecule has 0 saturated carbocycles. The first-order chi connectivity index (χ1) is 13.9. The van der Waals surface area contributed by atoms with Gasteiger partial charge in [-0.2, -0.15) is 0 Å². The van der Waals surface area contributed by atoms with Crippen LogP contribution in [0.3, 0.4) is 0 Å². The molecule has 0 saturated heterocycles. The van der Waals surface area contributed by atoms with E-state index >= 15 is 0 Å². The van der Waals surface area contributed by atoms with E-state index in [9.17, 15) is 14.4 Å². The van der Waals surface area contributed by atoms with Crippen LogP contribution in [0.25, 0.3) is 10.2 Å². The van der Waals surface area contributed by atoms with Crippen LogP contribution in [0.2, 0.25) is 0 Å². The predicted octanol–water partition coefficient (Wildman–Crippen LogP) is 3.91. The van der Waals surface area contributed by atoms with Gasteiger partial charge in [0.2, 0.25) is 0 Å². The van der Waals surface area contributed by atoms with E-state index in [1.54, 1.807) is 35.4 Å². The van der Waals surface area contributed by atoms with Gasteiger partial charge in [0.1, 0.15) is 5.01 Å². The van der Waals surface area contributed by atoms with Gasteiger partial charge in [-0.15, -0.1) is 17.9 Å². The van der Waals surface area contributed by atoms with Gasteiger partial charge < -0.3 is 4.90 Å². The van der Waals surface area contributed by atoms with Crippen LogP contribution in [0.5, 0.6) is 0 Å². The van der Waals surface area contributed by atoms with Gasteiger partial charge in [-0.3, -0.25) is 19.3 Å². The maximum Gasteiger partial charge on any atom is 0.261 e. The van der Waals surface area contributed by atoms with Gasteiger partial charge in [0, 0.05) is 19.2 Å². The lowest BCUT2D eigenvalue weighted by atomic mass is 10.0. The zero-order valence-corrected chi connectivity index (χ0v) is 16.9. The van der Waals surface area contributed by atoms with E-state index in [4.69, 9.17) is 0 Å². The highest BCUT2D eigenvalue weighted by Crippen LogP contribution is 2.30. The summed E-state index contributed by atoms with van der Waals surface area (Å²) in [5, 5.41) is 0.839. The molecule has 1 atom stereocenters. The molecular formula is C22H19N3O3S. The number of carbonyl (C=O) groups excluding carboxylic acids is 3. The molecule has 7 heteroatoms. The van der Waals surface area contributed by atoms with E-state index in [2.05, 4.69) is 11.6 Å². The monoisotopic (exact) mass is 405 g/mol. The molecule has 0 aliphatic carbocycles. The second-order valence-corrected chi connectivity index (χ2v) is 7.94. The number of carbonyl (C=O) groups is 3. The molecular weight excluding hydrogens is 386 g/mol. The van der Waals surface area contributed by atoms with Crippen molar-refractivity contribution in [2.24, 2.45) is 0 Å². The number of hydrogen-bond acceptors (Lipinski definition) is 5. The number of rotatable bonds is 5. The fourth-order valence-electron chi connectivity index (χ4n) is 3.33. The second-order valence-electron chi connectivity index (χ2n) is 6.88. The van der Waals surface area contributed by atoms with Crippen molar-refractivity contribution >= 4 is 39.3 Å². The maximum absolute atomic E-state index is 13.0. The summed E-state index contributed by atoms with van der Waals surface area (Å²) in [7, 11) is 1.71. The molecule has 0 radical (unpaired) electrons. The largest absolute Gasteiger partial charge is 0.333 e. The second kappa shape index (κ2) is 7.25. The summed E-state index contributed by atoms with van der Waals surface area (Å²) in [6.07, 6.45) is 1.50. The van der Waals surface area contributed by atoms with Crippen LogP contribution in [0.4, 0.5) is 0 Å². The Balaban J connectivity index is 1.61. The van der Waals surface area contributed by atoms with Gasteiger partial charge in [-0.1, -0.05) is 18.2 Å². The number of fused-ring (bicyclic) bond motifs is 2. The van der Waals surface area contributed by atoms with Crippen LogP contribution >= 0.6 is 11.3 Å². The van der Waals surface area contributed by atoms with E-state index in [0.717, 1.165) is 20.1 Å². The Morgan fingerprint density at radius 3 is 2.66 bits per heavy atom. The van der Waals surface area contributed by atoms with E-state index in [-0.39, 0.29) is 30.0 Å². The molecule has 1 aliphatic heterocycles. The minimum atomic E-state index is -0.401. The van der Waals surface area contributed by atoms with E-state index in [1.807, 2.05) is 31.2 Å². The summed E-state index contributed by atoms with van der Waals surface area (Å²) in [5.41, 5.74) is 1.84. The molecule has 0 bridgehead atoms. The van der Waals surface area contributed by atoms with Gasteiger partial charge in [0.25, 0.3) is 17.7 Å². The van der Waals surface area contributed by atoms with E-state index < -0.39 is 5.91 Å². The highest BCUT2D eigenvalue weighted by Gasteiger charge is 2.35. The Hall–Kier alpha value is -3.32. The molecule has 3 amide bonds. The molecule has 2 aromatic carbocycles. The van der Waals surface area contributed by atoms with Gasteiger partial charge in [-0.05, 0) is 37.3 Å². The lowest BCUT2D eigenvalue weighted by Gasteiger charge is -2.23. The van der Waals surface area contributed by atoms with Crippen molar-refractivity contribution in [3.8, 4) is 0 Å². The van der Waals surface area contributed by atoms with Crippen LogP contribution in [0, 0.1) is 0 Å². The minimum absolute atomic E-state index is 0.143. The Kier molecular flexibility index (Phi) is 4.76. The summed E-state index contributed by atoms with van der Waals surface area (Å²) in [6.45, 7) is 5.64. The molecule has 0 unspecified atom stereocenters. The minimum Gasteiger partial charge on any atom is -0.333 e. The molecule has 0 spiro atoms. The van der Waals surface area contributed by atoms with Crippen LogP contribution in [-0.2, 0) is 0 Å². The third kappa shape index (κ3) is 3.13. The Morgan fingerprint density at radius 2 is 1.93 bits per heavy atom. The summed E-state index contributed by atoms with van der Waals surface area (Å²) in [6, 6.07) is 12.2. The Labute approximate surface area is 172 Å². The van der Waals surface area contributed by atoms with Crippen LogP contribution in [0.15, 0.2) is 55.1 Å². The molecule has 0 fully saturated rings. The van der Waals surface area contributed by atoms with E-state index in [0.29, 0.717) is 11.1 Å². The molecule has 1 aliphatic rings. The Morgan fingerprint density at radius 1 is 1.21 bits per heavy atom. The van der Waals surface area contributed by atoms with Crippen LogP contribution in [-0.4, -0.2) is 46.1 Å². The first-order valence-electron chi connectivity index (χ1n) is 9.16. The number of imide groups is 1. The van der Waals surface area contributed by atoms with Crippen LogP contribution < -0.4 is 0 Å². The van der Waals surface area contributed by atoms with Gasteiger partial charge in [-0.25, -0.2) is 4.98 Å². The zero-order valence-electron chi connectivity index (χ0n) is 16.1. The third-order valence-corrected chi connectivity index (χ3v) is 6.31. The quantitative estimate of drug-likeness (QED) is 0.477. The average molecular weight is 405 g/mol. The van der Waals surface area contributed by atoms with Gasteiger partial charge >= 0.3 is 0 Å². The van der Waals surface area contributed by atoms with Crippen molar-refractivity contribution in [1.82, 2.24) is 14.8 Å². The standard InChI is InChI=1S/C22H19N3O3S/c1-4-11-25-21(27)15-10-9-14(12-16(15)22(25)28)20(26)24(3)13(2)19-23-17-7-5-6-8-18(17)29-19/h4-10,12-13H,1,11H2,2-3H3/t13-/m1/s1. The zero-order chi connectivity index (χ0) is 20.7. The highest BCUT2D eigenvalue weighted by molar-refractivity contribution is 7.18. The average Bonchev–Trinajstić information content (AvgIpc) is 3.27. The number of para-hydroxylation sites is 1. The van der Waals surface area contributed by atoms with Gasteiger partial charge in [0.05, 0.1) is 27.4 Å². The smallest absolute Gasteiger partial charge is 0.261 e. The fourth-order valence-corrected chi connectivity index (χ4v) is 4.40.